The lowest BCUT2D eigenvalue weighted by Crippen LogP contribution is -2.42. The summed E-state index contributed by atoms with van der Waals surface area (Å²) in [6.45, 7) is 6.88. The molecular formula is C10H24N2. The van der Waals surface area contributed by atoms with E-state index in [1.165, 1.54) is 0 Å². The Morgan fingerprint density at radius 3 is 1.08 bits per heavy atom. The summed E-state index contributed by atoms with van der Waals surface area (Å²) in [6.07, 6.45) is 0. The van der Waals surface area contributed by atoms with Crippen LogP contribution < -0.4 is 0 Å². The summed E-state index contributed by atoms with van der Waals surface area (Å²) in [5, 5.41) is 0. The highest BCUT2D eigenvalue weighted by Gasteiger charge is 2.21. The number of rotatable bonds is 4. The van der Waals surface area contributed by atoms with E-state index in [1.807, 2.05) is 0 Å². The van der Waals surface area contributed by atoms with Crippen LogP contribution in [0.2, 0.25) is 0 Å². The quantitative estimate of drug-likeness (QED) is 0.634. The minimum Gasteiger partial charge on any atom is -0.306 e. The molecule has 0 aliphatic carbocycles. The summed E-state index contributed by atoms with van der Waals surface area (Å²) in [4.78, 5) is 4.56. The van der Waals surface area contributed by atoms with Gasteiger partial charge in [0.25, 0.3) is 0 Å². The van der Waals surface area contributed by atoms with Crippen molar-refractivity contribution < 1.29 is 0 Å². The number of hydrogen-bond acceptors (Lipinski definition) is 2. The predicted octanol–water partition coefficient (Wildman–Crippen LogP) is 1.52. The molecule has 0 amide bonds. The van der Waals surface area contributed by atoms with Gasteiger partial charge >= 0.3 is 0 Å². The van der Waals surface area contributed by atoms with Gasteiger partial charge in [-0.25, -0.2) is 0 Å². The van der Waals surface area contributed by atoms with Crippen molar-refractivity contribution in [2.45, 2.75) is 32.9 Å². The molecule has 0 aliphatic heterocycles. The van der Waals surface area contributed by atoms with Gasteiger partial charge in [0.05, 0.1) is 0 Å². The molecular weight excluding hydrogens is 148 g/mol. The molecule has 0 heterocycles. The lowest BCUT2D eigenvalue weighted by Gasteiger charge is -2.34. The van der Waals surface area contributed by atoms with Crippen LogP contribution in [0.15, 0.2) is 0 Å². The zero-order valence-electron chi connectivity index (χ0n) is 9.63. The van der Waals surface area contributed by atoms with E-state index in [1.54, 1.807) is 0 Å². The molecule has 0 aliphatic rings. The summed E-state index contributed by atoms with van der Waals surface area (Å²) in [6, 6.07) is 1.28. The predicted molar refractivity (Wildman–Crippen MR) is 55.5 cm³/mol. The molecule has 0 bridgehead atoms. The maximum absolute atomic E-state index is 2.31. The van der Waals surface area contributed by atoms with Gasteiger partial charge in [-0.05, 0) is 48.0 Å². The largest absolute Gasteiger partial charge is 0.306 e. The fourth-order valence-electron chi connectivity index (χ4n) is 1.34. The smallest absolute Gasteiger partial charge is 0.0101 e. The second-order valence-corrected chi connectivity index (χ2v) is 4.27. The van der Waals surface area contributed by atoms with Crippen molar-refractivity contribution in [3.05, 3.63) is 0 Å². The Kier molecular flexibility index (Phi) is 4.80. The average molecular weight is 172 g/mol. The van der Waals surface area contributed by atoms with E-state index < -0.39 is 0 Å². The molecule has 0 fully saturated rings. The number of hydrogen-bond donors (Lipinski definition) is 0. The van der Waals surface area contributed by atoms with Crippen LogP contribution in [0.25, 0.3) is 0 Å². The van der Waals surface area contributed by atoms with Crippen molar-refractivity contribution in [1.29, 1.82) is 0 Å². The summed E-state index contributed by atoms with van der Waals surface area (Å²) < 4.78 is 0. The Bertz CT molecular complexity index is 107. The Balaban J connectivity index is 4.08. The van der Waals surface area contributed by atoms with Gasteiger partial charge in [-0.15, -0.1) is 0 Å². The molecule has 2 unspecified atom stereocenters. The van der Waals surface area contributed by atoms with Crippen molar-refractivity contribution in [2.75, 3.05) is 28.2 Å². The summed E-state index contributed by atoms with van der Waals surface area (Å²) in [5.41, 5.74) is 0. The topological polar surface area (TPSA) is 6.48 Å². The summed E-state index contributed by atoms with van der Waals surface area (Å²) >= 11 is 0. The van der Waals surface area contributed by atoms with Crippen molar-refractivity contribution in [2.24, 2.45) is 5.92 Å². The van der Waals surface area contributed by atoms with Crippen LogP contribution in [0.5, 0.6) is 0 Å². The fourth-order valence-corrected chi connectivity index (χ4v) is 1.34. The molecule has 0 aromatic heterocycles. The van der Waals surface area contributed by atoms with E-state index in [4.69, 9.17) is 0 Å². The molecule has 0 aromatic carbocycles. The Morgan fingerprint density at radius 2 is 0.917 bits per heavy atom. The van der Waals surface area contributed by atoms with Gasteiger partial charge in [-0.3, -0.25) is 0 Å². The first-order valence-corrected chi connectivity index (χ1v) is 4.70. The van der Waals surface area contributed by atoms with Crippen molar-refractivity contribution >= 4 is 0 Å². The third-order valence-electron chi connectivity index (χ3n) is 3.15. The molecule has 0 N–H and O–H groups in total. The standard InChI is InChI=1S/C10H24N2/c1-8(9(2)11(4)5)10(3)12(6)7/h8-10H,1-7H3. The maximum atomic E-state index is 2.31. The summed E-state index contributed by atoms with van der Waals surface area (Å²) in [5.74, 6) is 0.704. The minimum atomic E-state index is 0.641. The van der Waals surface area contributed by atoms with Crippen molar-refractivity contribution in [1.82, 2.24) is 9.80 Å². The van der Waals surface area contributed by atoms with Gasteiger partial charge in [0.15, 0.2) is 0 Å². The van der Waals surface area contributed by atoms with Crippen LogP contribution >= 0.6 is 0 Å². The molecule has 2 nitrogen and oxygen atoms in total. The molecule has 0 spiro atoms. The highest BCUT2D eigenvalue weighted by molar-refractivity contribution is 4.76. The van der Waals surface area contributed by atoms with E-state index in [-0.39, 0.29) is 0 Å². The van der Waals surface area contributed by atoms with Gasteiger partial charge < -0.3 is 9.80 Å². The van der Waals surface area contributed by atoms with E-state index in [2.05, 4.69) is 58.8 Å². The van der Waals surface area contributed by atoms with Crippen molar-refractivity contribution in [3.8, 4) is 0 Å². The zero-order valence-corrected chi connectivity index (χ0v) is 9.63. The first kappa shape index (κ1) is 11.9. The van der Waals surface area contributed by atoms with Crippen LogP contribution in [-0.4, -0.2) is 50.1 Å². The molecule has 0 rings (SSSR count). The molecule has 0 saturated heterocycles. The molecule has 0 aromatic rings. The second kappa shape index (κ2) is 4.83. The lowest BCUT2D eigenvalue weighted by atomic mass is 9.94. The Labute approximate surface area is 77.5 Å². The SMILES string of the molecule is CC(C(C)N(C)C)C(C)N(C)C. The normalized spacial score (nSPS) is 19.8. The first-order valence-electron chi connectivity index (χ1n) is 4.70. The van der Waals surface area contributed by atoms with Crippen LogP contribution in [-0.2, 0) is 0 Å². The molecule has 12 heavy (non-hydrogen) atoms. The monoisotopic (exact) mass is 172 g/mol. The first-order chi connectivity index (χ1) is 5.37. The van der Waals surface area contributed by atoms with Gasteiger partial charge in [0, 0.05) is 12.1 Å². The van der Waals surface area contributed by atoms with Crippen LogP contribution in [0, 0.1) is 5.92 Å². The molecule has 0 saturated carbocycles. The highest BCUT2D eigenvalue weighted by atomic mass is 15.1. The lowest BCUT2D eigenvalue weighted by molar-refractivity contribution is 0.149. The average Bonchev–Trinajstić information content (AvgIpc) is 2.00. The van der Waals surface area contributed by atoms with Gasteiger partial charge in [-0.2, -0.15) is 0 Å². The second-order valence-electron chi connectivity index (χ2n) is 4.27. The van der Waals surface area contributed by atoms with E-state index >= 15 is 0 Å². The maximum Gasteiger partial charge on any atom is 0.0101 e. The molecule has 0 radical (unpaired) electrons. The van der Waals surface area contributed by atoms with Crippen LogP contribution in [0.3, 0.4) is 0 Å². The van der Waals surface area contributed by atoms with Gasteiger partial charge in [0.1, 0.15) is 0 Å². The van der Waals surface area contributed by atoms with E-state index in [9.17, 15) is 0 Å². The molecule has 2 atom stereocenters. The van der Waals surface area contributed by atoms with Crippen LogP contribution in [0.4, 0.5) is 0 Å². The third-order valence-corrected chi connectivity index (χ3v) is 3.15. The van der Waals surface area contributed by atoms with Gasteiger partial charge in [0.2, 0.25) is 0 Å². The van der Waals surface area contributed by atoms with Crippen molar-refractivity contribution in [3.63, 3.8) is 0 Å². The Morgan fingerprint density at radius 1 is 0.667 bits per heavy atom. The fraction of sp³-hybridized carbons (Fsp3) is 1.00. The molecule has 74 valence electrons. The third kappa shape index (κ3) is 3.11. The minimum absolute atomic E-state index is 0.641. The number of nitrogens with zero attached hydrogens (tertiary/aromatic N) is 2. The highest BCUT2D eigenvalue weighted by Crippen LogP contribution is 2.15. The van der Waals surface area contributed by atoms with E-state index in [0.717, 1.165) is 0 Å². The zero-order chi connectivity index (χ0) is 9.89. The van der Waals surface area contributed by atoms with E-state index in [0.29, 0.717) is 18.0 Å². The molecule has 2 heteroatoms. The van der Waals surface area contributed by atoms with Gasteiger partial charge in [-0.1, -0.05) is 6.92 Å². The summed E-state index contributed by atoms with van der Waals surface area (Å²) in [7, 11) is 8.57. The Hall–Kier alpha value is -0.0800. The van der Waals surface area contributed by atoms with Crippen LogP contribution in [0.1, 0.15) is 20.8 Å².